The van der Waals surface area contributed by atoms with E-state index in [2.05, 4.69) is 296 Å². The predicted octanol–water partition coefficient (Wildman–Crippen LogP) is 23.1. The SMILES string of the molecule is CC1=CC(C)c2cc(C(C)(C)C)ccc2N1c1c(C#N)c(-n2c3ccc(C(C)(C)C)cc3c3cc(C(C)(C)C)ccc32)c(-n2c3ccc(C(C)(C)C)cc3c3cc(C(C)(C)C)ccc32)c2oc3c(-c4cc(-c5ccccc5)nc(-c5ccccc5)n4)cccc3c12. The van der Waals surface area contributed by atoms with Crippen LogP contribution in [0.15, 0.2) is 192 Å². The Morgan fingerprint density at radius 1 is 0.429 bits per heavy atom. The largest absolute Gasteiger partial charge is 0.453 e. The number of allylic oxidation sites excluding steroid dienone is 2. The average Bonchev–Trinajstić information content (AvgIpc) is 1.57. The van der Waals surface area contributed by atoms with Crippen LogP contribution in [0, 0.1) is 11.3 Å². The minimum atomic E-state index is -0.144. The van der Waals surface area contributed by atoms with E-state index in [0.717, 1.165) is 111 Å². The fourth-order valence-electron chi connectivity index (χ4n) is 14.0. The van der Waals surface area contributed by atoms with E-state index in [-0.39, 0.29) is 33.0 Å². The molecule has 9 aromatic carbocycles. The first-order valence-electron chi connectivity index (χ1n) is 32.4. The number of hydrogen-bond donors (Lipinski definition) is 0. The van der Waals surface area contributed by atoms with E-state index in [1.807, 2.05) is 24.3 Å². The Labute approximate surface area is 536 Å². The highest BCUT2D eigenvalue weighted by atomic mass is 16.3. The number of nitrogens with zero attached hydrogens (tertiary/aromatic N) is 6. The van der Waals surface area contributed by atoms with Crippen LogP contribution in [0.4, 0.5) is 11.4 Å². The fraction of sp³-hybridized carbons (Fsp3) is 0.274. The molecule has 0 saturated heterocycles. The molecule has 0 radical (unpaired) electrons. The van der Waals surface area contributed by atoms with Gasteiger partial charge in [0.15, 0.2) is 11.4 Å². The lowest BCUT2D eigenvalue weighted by Crippen LogP contribution is -2.24. The Bertz CT molecular complexity index is 5020. The van der Waals surface area contributed by atoms with E-state index in [1.54, 1.807) is 0 Å². The third kappa shape index (κ3) is 9.75. The van der Waals surface area contributed by atoms with E-state index in [1.165, 1.54) is 33.4 Å². The molecule has 0 bridgehead atoms. The van der Waals surface area contributed by atoms with E-state index >= 15 is 0 Å². The lowest BCUT2D eigenvalue weighted by molar-refractivity contribution is 0.588. The quantitative estimate of drug-likeness (QED) is 0.166. The van der Waals surface area contributed by atoms with E-state index in [9.17, 15) is 5.26 Å². The van der Waals surface area contributed by atoms with E-state index in [4.69, 9.17) is 14.4 Å². The zero-order valence-corrected chi connectivity index (χ0v) is 56.0. The van der Waals surface area contributed by atoms with Crippen molar-refractivity contribution in [3.05, 3.63) is 227 Å². The molecule has 7 heteroatoms. The topological polar surface area (TPSA) is 75.8 Å². The second-order valence-electron chi connectivity index (χ2n) is 30.8. The smallest absolute Gasteiger partial charge is 0.163 e. The Morgan fingerprint density at radius 3 is 1.34 bits per heavy atom. The molecule has 0 fully saturated rings. The summed E-state index contributed by atoms with van der Waals surface area (Å²) in [7, 11) is 0. The second kappa shape index (κ2) is 20.8. The number of aromatic nitrogens is 4. The monoisotopic (exact) mass is 1190 g/mol. The van der Waals surface area contributed by atoms with Crippen molar-refractivity contribution in [2.75, 3.05) is 4.90 Å². The van der Waals surface area contributed by atoms with Crippen LogP contribution in [0.2, 0.25) is 0 Å². The number of hydrogen-bond acceptors (Lipinski definition) is 5. The van der Waals surface area contributed by atoms with Gasteiger partial charge in [-0.1, -0.05) is 226 Å². The van der Waals surface area contributed by atoms with Gasteiger partial charge in [0.1, 0.15) is 22.9 Å². The average molecular weight is 1190 g/mol. The molecule has 4 aromatic heterocycles. The van der Waals surface area contributed by atoms with Crippen molar-refractivity contribution >= 4 is 76.9 Å². The molecule has 1 aliphatic heterocycles. The van der Waals surface area contributed by atoms with Crippen LogP contribution in [0.1, 0.15) is 163 Å². The minimum absolute atomic E-state index is 0.0938. The molecule has 0 amide bonds. The van der Waals surface area contributed by atoms with Gasteiger partial charge in [0.2, 0.25) is 0 Å². The van der Waals surface area contributed by atoms with Crippen LogP contribution < -0.4 is 4.90 Å². The minimum Gasteiger partial charge on any atom is -0.453 e. The van der Waals surface area contributed by atoms with Crippen LogP contribution in [0.5, 0.6) is 0 Å². The molecule has 454 valence electrons. The van der Waals surface area contributed by atoms with E-state index in [0.29, 0.717) is 22.6 Å². The van der Waals surface area contributed by atoms with Gasteiger partial charge in [0, 0.05) is 60.9 Å². The van der Waals surface area contributed by atoms with Gasteiger partial charge >= 0.3 is 0 Å². The van der Waals surface area contributed by atoms with Crippen molar-refractivity contribution < 1.29 is 4.42 Å². The van der Waals surface area contributed by atoms with Gasteiger partial charge in [0.05, 0.1) is 50.2 Å². The van der Waals surface area contributed by atoms with Crippen LogP contribution in [0.3, 0.4) is 0 Å². The van der Waals surface area contributed by atoms with Gasteiger partial charge in [-0.25, -0.2) is 9.97 Å². The van der Waals surface area contributed by atoms with Crippen molar-refractivity contribution in [1.29, 1.82) is 5.26 Å². The van der Waals surface area contributed by atoms with Gasteiger partial charge in [-0.15, -0.1) is 0 Å². The summed E-state index contributed by atoms with van der Waals surface area (Å²) < 4.78 is 13.0. The molecule has 0 N–H and O–H groups in total. The number of para-hydroxylation sites is 1. The molecular weight excluding hydrogens is 1110 g/mol. The molecule has 0 spiro atoms. The molecule has 13 aromatic rings. The van der Waals surface area contributed by atoms with Crippen LogP contribution in [-0.2, 0) is 27.1 Å². The number of nitriles is 1. The normalized spacial score (nSPS) is 14.4. The Morgan fingerprint density at radius 2 is 0.868 bits per heavy atom. The summed E-state index contributed by atoms with van der Waals surface area (Å²) in [5.74, 6) is 0.705. The van der Waals surface area contributed by atoms with E-state index < -0.39 is 0 Å². The maximum Gasteiger partial charge on any atom is 0.163 e. The standard InChI is InChI=1S/C84H82N6O/c1-49-41-50(2)88(68-36-31-53(42-60(49)68)80(3,4)5)74-65(48-85)75(89-69-37-32-54(81(6,7)8)43-61(69)62-44-55(82(9,10)11)33-38-70(62)89)76(90-71-39-34-56(83(12,13)14)45-63(71)64-46-57(84(15,16)17)35-40-72(64)90)78-73(74)59-30-24-29-58(77(59)91-78)67-47-66(51-25-20-18-21-26-51)86-79(87-67)52-27-22-19-23-28-52/h18-47,49H,1-17H3. The Balaban J connectivity index is 1.24. The molecule has 5 heterocycles. The number of benzene rings is 9. The van der Waals surface area contributed by atoms with Crippen molar-refractivity contribution in [3.8, 4) is 51.3 Å². The highest BCUT2D eigenvalue weighted by molar-refractivity contribution is 6.23. The Hall–Kier alpha value is -9.51. The molecule has 1 unspecified atom stereocenters. The summed E-state index contributed by atoms with van der Waals surface area (Å²) in [6.45, 7) is 38.8. The van der Waals surface area contributed by atoms with Crippen LogP contribution in [0.25, 0.3) is 111 Å². The summed E-state index contributed by atoms with van der Waals surface area (Å²) in [6, 6.07) is 67.2. The number of anilines is 2. The fourth-order valence-corrected chi connectivity index (χ4v) is 14.0. The highest BCUT2D eigenvalue weighted by Gasteiger charge is 2.37. The van der Waals surface area contributed by atoms with Gasteiger partial charge in [-0.05, 0) is 134 Å². The maximum atomic E-state index is 13.0. The third-order valence-corrected chi connectivity index (χ3v) is 19.2. The summed E-state index contributed by atoms with van der Waals surface area (Å²) in [6.07, 6.45) is 2.37. The van der Waals surface area contributed by atoms with Crippen LogP contribution in [-0.4, -0.2) is 19.1 Å². The first-order chi connectivity index (χ1) is 43.1. The molecular formula is C84H82N6O. The molecule has 14 rings (SSSR count). The maximum absolute atomic E-state index is 13.0. The summed E-state index contributed by atoms with van der Waals surface area (Å²) >= 11 is 0. The molecule has 7 nitrogen and oxygen atoms in total. The van der Waals surface area contributed by atoms with Crippen LogP contribution >= 0.6 is 0 Å². The third-order valence-electron chi connectivity index (χ3n) is 19.2. The first-order valence-corrected chi connectivity index (χ1v) is 32.4. The zero-order valence-electron chi connectivity index (χ0n) is 56.0. The van der Waals surface area contributed by atoms with Crippen molar-refractivity contribution in [3.63, 3.8) is 0 Å². The van der Waals surface area contributed by atoms with Gasteiger partial charge < -0.3 is 18.5 Å². The first kappa shape index (κ1) is 59.1. The predicted molar refractivity (Wildman–Crippen MR) is 383 cm³/mol. The summed E-state index contributed by atoms with van der Waals surface area (Å²) in [5, 5.41) is 19.2. The van der Waals surface area contributed by atoms with Crippen molar-refractivity contribution in [2.45, 2.75) is 151 Å². The Kier molecular flexibility index (Phi) is 13.5. The molecule has 1 aliphatic rings. The van der Waals surface area contributed by atoms with Crippen molar-refractivity contribution in [2.24, 2.45) is 0 Å². The molecule has 0 aliphatic carbocycles. The van der Waals surface area contributed by atoms with Gasteiger partial charge in [-0.3, -0.25) is 0 Å². The summed E-state index contributed by atoms with van der Waals surface area (Å²) in [5.41, 5.74) is 21.1. The number of fused-ring (bicyclic) bond motifs is 10. The second-order valence-corrected chi connectivity index (χ2v) is 30.8. The number of furan rings is 1. The van der Waals surface area contributed by atoms with Gasteiger partial charge in [-0.2, -0.15) is 5.26 Å². The summed E-state index contributed by atoms with van der Waals surface area (Å²) in [4.78, 5) is 13.1. The number of rotatable bonds is 6. The zero-order chi connectivity index (χ0) is 64.2. The molecule has 0 saturated carbocycles. The lowest BCUT2D eigenvalue weighted by atomic mass is 9.82. The highest BCUT2D eigenvalue weighted by Crippen LogP contribution is 2.55. The lowest BCUT2D eigenvalue weighted by Gasteiger charge is -2.36. The van der Waals surface area contributed by atoms with Gasteiger partial charge in [0.25, 0.3) is 0 Å². The molecule has 91 heavy (non-hydrogen) atoms. The van der Waals surface area contributed by atoms with Crippen molar-refractivity contribution in [1.82, 2.24) is 19.1 Å². The molecule has 1 atom stereocenters.